The summed E-state index contributed by atoms with van der Waals surface area (Å²) in [5, 5.41) is 6.51. The zero-order valence-electron chi connectivity index (χ0n) is 10.6. The zero-order valence-corrected chi connectivity index (χ0v) is 11.4. The second kappa shape index (κ2) is 5.17. The van der Waals surface area contributed by atoms with Crippen molar-refractivity contribution >= 4 is 21.5 Å². The Hall–Kier alpha value is -1.24. The molecule has 0 bridgehead atoms. The number of hydrogen-bond donors (Lipinski definition) is 3. The third-order valence-electron chi connectivity index (χ3n) is 3.43. The van der Waals surface area contributed by atoms with Crippen molar-refractivity contribution in [3.63, 3.8) is 0 Å². The number of nitrogen functional groups attached to an aromatic ring is 1. The van der Waals surface area contributed by atoms with Crippen LogP contribution < -0.4 is 10.5 Å². The molecule has 18 heavy (non-hydrogen) atoms. The maximum absolute atomic E-state index is 12.0. The number of nitrogens with two attached hydrogens (primary N) is 1. The van der Waals surface area contributed by atoms with Crippen LogP contribution in [0.4, 0.5) is 11.5 Å². The van der Waals surface area contributed by atoms with Crippen LogP contribution >= 0.6 is 0 Å². The molecule has 0 amide bonds. The van der Waals surface area contributed by atoms with Crippen LogP contribution in [0.1, 0.15) is 37.8 Å². The highest BCUT2D eigenvalue weighted by molar-refractivity contribution is 7.92. The fourth-order valence-corrected chi connectivity index (χ4v) is 3.86. The molecular formula is C11H20N4O2S. The second-order valence-corrected chi connectivity index (χ2v) is 6.77. The number of aryl methyl sites for hydroxylation is 1. The maximum Gasteiger partial charge on any atom is 0.234 e. The number of rotatable bonds is 4. The van der Waals surface area contributed by atoms with Gasteiger partial charge < -0.3 is 5.73 Å². The molecule has 1 aliphatic rings. The largest absolute Gasteiger partial charge is 0.394 e. The Morgan fingerprint density at radius 3 is 2.61 bits per heavy atom. The van der Waals surface area contributed by atoms with Gasteiger partial charge in [0.05, 0.1) is 17.1 Å². The lowest BCUT2D eigenvalue weighted by Gasteiger charge is -2.21. The van der Waals surface area contributed by atoms with Crippen molar-refractivity contribution in [2.75, 3.05) is 16.2 Å². The number of anilines is 2. The van der Waals surface area contributed by atoms with Crippen molar-refractivity contribution in [2.24, 2.45) is 5.92 Å². The van der Waals surface area contributed by atoms with Crippen molar-refractivity contribution in [2.45, 2.75) is 39.0 Å². The quantitative estimate of drug-likeness (QED) is 0.775. The Morgan fingerprint density at radius 2 is 2.06 bits per heavy atom. The Balaban J connectivity index is 2.00. The van der Waals surface area contributed by atoms with Crippen LogP contribution in [0.5, 0.6) is 0 Å². The van der Waals surface area contributed by atoms with Gasteiger partial charge in [0.25, 0.3) is 0 Å². The standard InChI is InChI=1S/C11H20N4O2S/c1-8-10(12)11(14-13-8)15-18(16,17)7-9-5-3-2-4-6-9/h9H,2-7,12H2,1H3,(H2,13,14,15). The molecule has 0 radical (unpaired) electrons. The fraction of sp³-hybridized carbons (Fsp3) is 0.727. The molecule has 1 heterocycles. The third-order valence-corrected chi connectivity index (χ3v) is 4.84. The Morgan fingerprint density at radius 1 is 1.39 bits per heavy atom. The normalized spacial score (nSPS) is 17.8. The summed E-state index contributed by atoms with van der Waals surface area (Å²) in [5.41, 5.74) is 6.76. The highest BCUT2D eigenvalue weighted by Crippen LogP contribution is 2.26. The van der Waals surface area contributed by atoms with E-state index in [-0.39, 0.29) is 17.5 Å². The van der Waals surface area contributed by atoms with E-state index in [2.05, 4.69) is 14.9 Å². The van der Waals surface area contributed by atoms with E-state index in [1.165, 1.54) is 6.42 Å². The van der Waals surface area contributed by atoms with Gasteiger partial charge in [-0.25, -0.2) is 8.42 Å². The molecule has 1 fully saturated rings. The molecule has 1 aromatic heterocycles. The van der Waals surface area contributed by atoms with E-state index >= 15 is 0 Å². The predicted octanol–water partition coefficient (Wildman–Crippen LogP) is 1.62. The van der Waals surface area contributed by atoms with Crippen molar-refractivity contribution in [1.29, 1.82) is 0 Å². The first-order valence-corrected chi connectivity index (χ1v) is 7.94. The first-order valence-electron chi connectivity index (χ1n) is 6.29. The Labute approximate surface area is 107 Å². The average Bonchev–Trinajstić information content (AvgIpc) is 2.61. The molecule has 0 spiro atoms. The molecule has 0 aromatic carbocycles. The molecule has 6 nitrogen and oxygen atoms in total. The molecule has 1 aromatic rings. The van der Waals surface area contributed by atoms with Gasteiger partial charge in [0.1, 0.15) is 0 Å². The number of aromatic amines is 1. The van der Waals surface area contributed by atoms with E-state index in [0.717, 1.165) is 25.7 Å². The topological polar surface area (TPSA) is 101 Å². The SMILES string of the molecule is Cc1[nH]nc(NS(=O)(=O)CC2CCCCC2)c1N. The van der Waals surface area contributed by atoms with E-state index in [4.69, 9.17) is 5.73 Å². The van der Waals surface area contributed by atoms with E-state index in [9.17, 15) is 8.42 Å². The van der Waals surface area contributed by atoms with Crippen LogP contribution in [-0.4, -0.2) is 24.4 Å². The smallest absolute Gasteiger partial charge is 0.234 e. The minimum Gasteiger partial charge on any atom is -0.394 e. The summed E-state index contributed by atoms with van der Waals surface area (Å²) in [6.07, 6.45) is 5.47. The van der Waals surface area contributed by atoms with E-state index < -0.39 is 10.0 Å². The van der Waals surface area contributed by atoms with Crippen LogP contribution in [0.25, 0.3) is 0 Å². The summed E-state index contributed by atoms with van der Waals surface area (Å²) in [6, 6.07) is 0. The predicted molar refractivity (Wildman–Crippen MR) is 71.7 cm³/mol. The molecule has 7 heteroatoms. The molecule has 0 saturated heterocycles. The number of nitrogens with one attached hydrogen (secondary N) is 2. The van der Waals surface area contributed by atoms with Crippen molar-refractivity contribution in [3.05, 3.63) is 5.69 Å². The maximum atomic E-state index is 12.0. The monoisotopic (exact) mass is 272 g/mol. The van der Waals surface area contributed by atoms with Gasteiger partial charge in [0.2, 0.25) is 10.0 Å². The first-order chi connectivity index (χ1) is 8.48. The average molecular weight is 272 g/mol. The van der Waals surface area contributed by atoms with Crippen LogP contribution in [0.3, 0.4) is 0 Å². The summed E-state index contributed by atoms with van der Waals surface area (Å²) in [6.45, 7) is 1.75. The molecule has 1 saturated carbocycles. The van der Waals surface area contributed by atoms with E-state index in [0.29, 0.717) is 11.4 Å². The van der Waals surface area contributed by atoms with Gasteiger partial charge in [0.15, 0.2) is 5.82 Å². The number of sulfonamides is 1. The molecule has 0 aliphatic heterocycles. The van der Waals surface area contributed by atoms with E-state index in [1.807, 2.05) is 0 Å². The van der Waals surface area contributed by atoms with Gasteiger partial charge in [-0.05, 0) is 25.7 Å². The van der Waals surface area contributed by atoms with Crippen molar-refractivity contribution in [3.8, 4) is 0 Å². The molecule has 4 N–H and O–H groups in total. The summed E-state index contributed by atoms with van der Waals surface area (Å²) in [7, 11) is -3.36. The second-order valence-electron chi connectivity index (χ2n) is 5.00. The Bertz CT molecular complexity index is 503. The van der Waals surface area contributed by atoms with Gasteiger partial charge in [-0.1, -0.05) is 19.3 Å². The van der Waals surface area contributed by atoms with Crippen LogP contribution in [0.2, 0.25) is 0 Å². The first kappa shape index (κ1) is 13.2. The molecule has 0 atom stereocenters. The summed E-state index contributed by atoms with van der Waals surface area (Å²) >= 11 is 0. The summed E-state index contributed by atoms with van der Waals surface area (Å²) < 4.78 is 26.5. The molecule has 2 rings (SSSR count). The number of aromatic nitrogens is 2. The highest BCUT2D eigenvalue weighted by Gasteiger charge is 2.22. The van der Waals surface area contributed by atoms with Gasteiger partial charge in [-0.3, -0.25) is 9.82 Å². The molecule has 1 aliphatic carbocycles. The van der Waals surface area contributed by atoms with Crippen molar-refractivity contribution in [1.82, 2.24) is 10.2 Å². The molecule has 102 valence electrons. The van der Waals surface area contributed by atoms with Gasteiger partial charge in [-0.15, -0.1) is 0 Å². The van der Waals surface area contributed by atoms with Crippen LogP contribution in [0.15, 0.2) is 0 Å². The number of H-pyrrole nitrogens is 1. The Kier molecular flexibility index (Phi) is 3.79. The number of hydrogen-bond acceptors (Lipinski definition) is 4. The minimum atomic E-state index is -3.36. The van der Waals surface area contributed by atoms with E-state index in [1.54, 1.807) is 6.92 Å². The van der Waals surface area contributed by atoms with Crippen LogP contribution in [-0.2, 0) is 10.0 Å². The zero-order chi connectivity index (χ0) is 13.2. The molecular weight excluding hydrogens is 252 g/mol. The lowest BCUT2D eigenvalue weighted by Crippen LogP contribution is -2.24. The van der Waals surface area contributed by atoms with Gasteiger partial charge in [0, 0.05) is 0 Å². The fourth-order valence-electron chi connectivity index (χ4n) is 2.37. The highest BCUT2D eigenvalue weighted by atomic mass is 32.2. The minimum absolute atomic E-state index is 0.165. The third kappa shape index (κ3) is 3.16. The lowest BCUT2D eigenvalue weighted by atomic mass is 9.91. The van der Waals surface area contributed by atoms with Crippen molar-refractivity contribution < 1.29 is 8.42 Å². The summed E-state index contributed by atoms with van der Waals surface area (Å²) in [5.74, 6) is 0.638. The van der Waals surface area contributed by atoms with Gasteiger partial charge in [-0.2, -0.15) is 5.10 Å². The lowest BCUT2D eigenvalue weighted by molar-refractivity contribution is 0.385. The molecule has 0 unspecified atom stereocenters. The number of nitrogens with zero attached hydrogens (tertiary/aromatic N) is 1. The van der Waals surface area contributed by atoms with Crippen LogP contribution in [0, 0.1) is 12.8 Å². The summed E-state index contributed by atoms with van der Waals surface area (Å²) in [4.78, 5) is 0. The van der Waals surface area contributed by atoms with Gasteiger partial charge >= 0.3 is 0 Å².